The average molecular weight is 465 g/mol. The fourth-order valence-corrected chi connectivity index (χ4v) is 4.76. The highest BCUT2D eigenvalue weighted by atomic mass is 16.2. The van der Waals surface area contributed by atoms with Crippen LogP contribution in [0, 0.1) is 30.1 Å². The van der Waals surface area contributed by atoms with E-state index in [4.69, 9.17) is 10.8 Å². The molecule has 174 valence electrons. The number of imidazole rings is 1. The average Bonchev–Trinajstić information content (AvgIpc) is 3.52. The number of likely N-dealkylation sites (tertiary alicyclic amines) is 1. The number of benzene rings is 1. The van der Waals surface area contributed by atoms with Gasteiger partial charge in [-0.25, -0.2) is 9.97 Å². The summed E-state index contributed by atoms with van der Waals surface area (Å²) in [6, 6.07) is 9.63. The van der Waals surface area contributed by atoms with E-state index in [2.05, 4.69) is 34.5 Å². The molecule has 0 bridgehead atoms. The summed E-state index contributed by atoms with van der Waals surface area (Å²) in [5.41, 5.74) is 10.3. The van der Waals surface area contributed by atoms with E-state index in [1.807, 2.05) is 47.5 Å². The van der Waals surface area contributed by atoms with Crippen molar-refractivity contribution in [3.63, 3.8) is 0 Å². The highest BCUT2D eigenvalue weighted by Crippen LogP contribution is 2.33. The molecule has 9 heteroatoms. The van der Waals surface area contributed by atoms with Gasteiger partial charge in [-0.3, -0.25) is 9.48 Å². The molecule has 0 spiro atoms. The molecule has 0 saturated carbocycles. The van der Waals surface area contributed by atoms with Crippen molar-refractivity contribution in [2.45, 2.75) is 31.8 Å². The molecule has 4 aromatic rings. The number of aromatic nitrogens is 5. The van der Waals surface area contributed by atoms with Gasteiger partial charge in [-0.05, 0) is 49.6 Å². The summed E-state index contributed by atoms with van der Waals surface area (Å²) >= 11 is 0. The first kappa shape index (κ1) is 22.2. The molecule has 2 atom stereocenters. The van der Waals surface area contributed by atoms with Gasteiger partial charge < -0.3 is 15.2 Å². The molecule has 1 aliphatic rings. The molecule has 2 N–H and O–H groups in total. The largest absolute Gasteiger partial charge is 0.383 e. The molecular weight excluding hydrogens is 440 g/mol. The fraction of sp³-hybridized carbons (Fsp3) is 0.269. The molecule has 3 aromatic heterocycles. The van der Waals surface area contributed by atoms with Crippen LogP contribution >= 0.6 is 0 Å². The lowest BCUT2D eigenvalue weighted by Gasteiger charge is -2.20. The molecule has 0 radical (unpaired) electrons. The van der Waals surface area contributed by atoms with Crippen molar-refractivity contribution in [2.24, 2.45) is 7.05 Å². The number of nitrogen functional groups attached to an aromatic ring is 1. The zero-order valence-corrected chi connectivity index (χ0v) is 19.6. The number of fused-ring (bicyclic) bond motifs is 2. The molecule has 4 heterocycles. The van der Waals surface area contributed by atoms with Crippen LogP contribution in [0.3, 0.4) is 0 Å². The van der Waals surface area contributed by atoms with Crippen LogP contribution in [-0.2, 0) is 11.8 Å². The minimum atomic E-state index is -0.197. The van der Waals surface area contributed by atoms with Crippen molar-refractivity contribution in [3.8, 4) is 17.9 Å². The molecular formula is C26H24N8O. The smallest absolute Gasteiger partial charge is 0.246 e. The van der Waals surface area contributed by atoms with E-state index >= 15 is 0 Å². The monoisotopic (exact) mass is 464 g/mol. The lowest BCUT2D eigenvalue weighted by atomic mass is 10.1. The molecule has 9 nitrogen and oxygen atoms in total. The van der Waals surface area contributed by atoms with Crippen LogP contribution < -0.4 is 5.73 Å². The van der Waals surface area contributed by atoms with Crippen molar-refractivity contribution in [3.05, 3.63) is 60.2 Å². The third kappa shape index (κ3) is 3.77. The van der Waals surface area contributed by atoms with Crippen LogP contribution in [0.2, 0.25) is 0 Å². The lowest BCUT2D eigenvalue weighted by molar-refractivity contribution is -0.126. The quantitative estimate of drug-likeness (QED) is 0.368. The third-order valence-electron chi connectivity index (χ3n) is 6.60. The van der Waals surface area contributed by atoms with Gasteiger partial charge in [0.2, 0.25) is 5.91 Å². The maximum absolute atomic E-state index is 12.4. The number of nitrogens with two attached hydrogens (primary N) is 1. The molecule has 1 fully saturated rings. The molecule has 0 aliphatic carbocycles. The number of carbonyl (C=O) groups excluding carboxylic acids is 1. The summed E-state index contributed by atoms with van der Waals surface area (Å²) in [7, 11) is 1.98. The highest BCUT2D eigenvalue weighted by molar-refractivity contribution is 5.93. The molecule has 1 amide bonds. The Bertz CT molecular complexity index is 1590. The Labute approximate surface area is 202 Å². The second-order valence-electron chi connectivity index (χ2n) is 8.66. The minimum Gasteiger partial charge on any atom is -0.383 e. The van der Waals surface area contributed by atoms with Crippen LogP contribution in [0.5, 0.6) is 0 Å². The topological polar surface area (TPSA) is 119 Å². The van der Waals surface area contributed by atoms with E-state index in [1.165, 1.54) is 6.08 Å². The fourth-order valence-electron chi connectivity index (χ4n) is 4.76. The summed E-state index contributed by atoms with van der Waals surface area (Å²) < 4.78 is 3.90. The number of anilines is 1. The summed E-state index contributed by atoms with van der Waals surface area (Å²) in [5, 5.41) is 14.7. The van der Waals surface area contributed by atoms with E-state index in [0.29, 0.717) is 29.9 Å². The summed E-state index contributed by atoms with van der Waals surface area (Å²) in [6.07, 6.45) is 3.78. The van der Waals surface area contributed by atoms with Gasteiger partial charge in [0.1, 0.15) is 17.3 Å². The second kappa shape index (κ2) is 8.62. The summed E-state index contributed by atoms with van der Waals surface area (Å²) in [4.78, 5) is 22.9. The van der Waals surface area contributed by atoms with Crippen molar-refractivity contribution in [2.75, 3.05) is 12.3 Å². The van der Waals surface area contributed by atoms with Crippen LogP contribution in [0.4, 0.5) is 5.82 Å². The van der Waals surface area contributed by atoms with Crippen molar-refractivity contribution in [1.29, 1.82) is 5.26 Å². The van der Waals surface area contributed by atoms with Crippen molar-refractivity contribution in [1.82, 2.24) is 29.2 Å². The van der Waals surface area contributed by atoms with Gasteiger partial charge in [0.05, 0.1) is 40.5 Å². The second-order valence-corrected chi connectivity index (χ2v) is 8.66. The third-order valence-corrected chi connectivity index (χ3v) is 6.60. The molecule has 1 unspecified atom stereocenters. The Kier molecular flexibility index (Phi) is 5.46. The van der Waals surface area contributed by atoms with Gasteiger partial charge in [-0.1, -0.05) is 12.5 Å². The van der Waals surface area contributed by atoms with Crippen LogP contribution in [0.1, 0.15) is 36.0 Å². The predicted octanol–water partition coefficient (Wildman–Crippen LogP) is 2.85. The summed E-state index contributed by atoms with van der Waals surface area (Å²) in [6.45, 7) is 5.99. The Morgan fingerprint density at radius 1 is 1.31 bits per heavy atom. The van der Waals surface area contributed by atoms with Gasteiger partial charge in [-0.15, -0.1) is 0 Å². The van der Waals surface area contributed by atoms with Gasteiger partial charge in [-0.2, -0.15) is 10.4 Å². The normalized spacial score (nSPS) is 17.3. The molecule has 5 rings (SSSR count). The van der Waals surface area contributed by atoms with E-state index < -0.39 is 0 Å². The number of rotatable bonds is 3. The first-order valence-electron chi connectivity index (χ1n) is 11.3. The Hall–Kier alpha value is -4.63. The first-order valence-corrected chi connectivity index (χ1v) is 11.3. The first-order chi connectivity index (χ1) is 16.9. The van der Waals surface area contributed by atoms with Crippen LogP contribution in [0.15, 0.2) is 43.1 Å². The van der Waals surface area contributed by atoms with Gasteiger partial charge >= 0.3 is 0 Å². The van der Waals surface area contributed by atoms with Crippen molar-refractivity contribution >= 4 is 33.7 Å². The zero-order valence-electron chi connectivity index (χ0n) is 19.6. The Balaban J connectivity index is 1.55. The number of nitriles is 1. The Morgan fingerprint density at radius 2 is 2.14 bits per heavy atom. The summed E-state index contributed by atoms with van der Waals surface area (Å²) in [5.74, 6) is 7.45. The predicted molar refractivity (Wildman–Crippen MR) is 133 cm³/mol. The number of nitrogens with zero attached hydrogens (tertiary/aromatic N) is 7. The van der Waals surface area contributed by atoms with E-state index in [9.17, 15) is 10.1 Å². The molecule has 35 heavy (non-hydrogen) atoms. The Morgan fingerprint density at radius 3 is 2.91 bits per heavy atom. The maximum Gasteiger partial charge on any atom is 0.246 e. The number of carbonyl (C=O) groups is 1. The number of aryl methyl sites for hydroxylation is 2. The number of hydrogen-bond donors (Lipinski definition) is 1. The van der Waals surface area contributed by atoms with Crippen LogP contribution in [-0.4, -0.2) is 47.7 Å². The standard InChI is InChI=1S/C26H24N8O/c1-4-24(35)33-15-19(14-18(33)9-11-27)34-23-10-12-29-26(28)25(23)20(31-34)7-5-17-6-8-22-21(13-17)30-16(2)32(22)3/h4,6,8,10,12-13,18-19H,1,9,14-15H2,2-3H3,(H2,28,29)/t18-,19?/m0/s1. The SMILES string of the molecule is C=CC(=O)N1CC(n2nc(C#Cc3ccc4c(c3)nc(C)n4C)c3c(N)nccc32)C[C@@H]1CC#N. The van der Waals surface area contributed by atoms with E-state index in [1.54, 1.807) is 11.1 Å². The molecule has 1 aliphatic heterocycles. The number of amides is 1. The highest BCUT2D eigenvalue weighted by Gasteiger charge is 2.36. The van der Waals surface area contributed by atoms with Crippen LogP contribution in [0.25, 0.3) is 21.9 Å². The zero-order chi connectivity index (χ0) is 24.7. The maximum atomic E-state index is 12.4. The lowest BCUT2D eigenvalue weighted by Crippen LogP contribution is -2.34. The minimum absolute atomic E-state index is 0.120. The van der Waals surface area contributed by atoms with Gasteiger partial charge in [0, 0.05) is 31.4 Å². The van der Waals surface area contributed by atoms with E-state index in [0.717, 1.165) is 27.9 Å². The van der Waals surface area contributed by atoms with E-state index in [-0.39, 0.29) is 24.4 Å². The van der Waals surface area contributed by atoms with Crippen molar-refractivity contribution < 1.29 is 4.79 Å². The molecule has 1 aromatic carbocycles. The number of pyridine rings is 1. The number of hydrogen-bond acceptors (Lipinski definition) is 6. The van der Waals surface area contributed by atoms with Gasteiger partial charge in [0.25, 0.3) is 0 Å². The van der Waals surface area contributed by atoms with Gasteiger partial charge in [0.15, 0.2) is 0 Å². The molecule has 1 saturated heterocycles.